The molecule has 0 amide bonds. The summed E-state index contributed by atoms with van der Waals surface area (Å²) < 4.78 is 22.9. The van der Waals surface area contributed by atoms with Gasteiger partial charge in [-0.2, -0.15) is 0 Å². The van der Waals surface area contributed by atoms with Gasteiger partial charge in [0.05, 0.1) is 4.90 Å². The van der Waals surface area contributed by atoms with Gasteiger partial charge in [0.25, 0.3) is 0 Å². The number of oxime groups is 1. The number of nitrogens with zero attached hydrogens (tertiary/aromatic N) is 1. The van der Waals surface area contributed by atoms with E-state index in [1.165, 1.54) is 6.07 Å². The van der Waals surface area contributed by atoms with E-state index in [4.69, 9.17) is 5.21 Å². The maximum atomic E-state index is 11.4. The maximum absolute atomic E-state index is 11.4. The Morgan fingerprint density at radius 1 is 1.31 bits per heavy atom. The van der Waals surface area contributed by atoms with Gasteiger partial charge in [0.15, 0.2) is 9.84 Å². The molecule has 2 rings (SSSR count). The average molecular weight is 197 g/mol. The van der Waals surface area contributed by atoms with Crippen LogP contribution in [0.15, 0.2) is 34.3 Å². The molecule has 13 heavy (non-hydrogen) atoms. The molecule has 0 spiro atoms. The first-order valence-electron chi connectivity index (χ1n) is 3.68. The molecule has 4 nitrogen and oxygen atoms in total. The Morgan fingerprint density at radius 3 is 2.69 bits per heavy atom. The lowest BCUT2D eigenvalue weighted by Crippen LogP contribution is -2.04. The highest BCUT2D eigenvalue weighted by atomic mass is 32.2. The third-order valence-corrected chi connectivity index (χ3v) is 3.66. The molecule has 1 aromatic carbocycles. The van der Waals surface area contributed by atoms with Gasteiger partial charge in [-0.25, -0.2) is 8.42 Å². The average Bonchev–Trinajstić information content (AvgIpc) is 2.39. The first-order valence-corrected chi connectivity index (χ1v) is 5.33. The van der Waals surface area contributed by atoms with E-state index in [0.29, 0.717) is 5.56 Å². The van der Waals surface area contributed by atoms with Gasteiger partial charge in [0, 0.05) is 5.56 Å². The minimum Gasteiger partial charge on any atom is -0.411 e. The van der Waals surface area contributed by atoms with E-state index in [2.05, 4.69) is 5.16 Å². The van der Waals surface area contributed by atoms with Crippen LogP contribution in [0, 0.1) is 0 Å². The third kappa shape index (κ3) is 1.12. The van der Waals surface area contributed by atoms with Crippen molar-refractivity contribution in [2.45, 2.75) is 4.90 Å². The number of fused-ring (bicyclic) bond motifs is 1. The van der Waals surface area contributed by atoms with E-state index in [0.717, 1.165) is 0 Å². The van der Waals surface area contributed by atoms with E-state index in [9.17, 15) is 8.42 Å². The summed E-state index contributed by atoms with van der Waals surface area (Å²) in [5.41, 5.74) is 0.723. The van der Waals surface area contributed by atoms with Gasteiger partial charge < -0.3 is 5.21 Å². The van der Waals surface area contributed by atoms with E-state index in [1.807, 2.05) is 0 Å². The Balaban J connectivity index is 2.79. The van der Waals surface area contributed by atoms with E-state index in [-0.39, 0.29) is 16.4 Å². The molecule has 0 saturated heterocycles. The van der Waals surface area contributed by atoms with Crippen molar-refractivity contribution >= 4 is 15.5 Å². The second-order valence-electron chi connectivity index (χ2n) is 2.80. The van der Waals surface area contributed by atoms with E-state index >= 15 is 0 Å². The van der Waals surface area contributed by atoms with Crippen molar-refractivity contribution in [2.24, 2.45) is 5.16 Å². The largest absolute Gasteiger partial charge is 0.411 e. The molecule has 0 aliphatic carbocycles. The molecule has 0 saturated carbocycles. The maximum Gasteiger partial charge on any atom is 0.184 e. The van der Waals surface area contributed by atoms with E-state index < -0.39 is 9.84 Å². The van der Waals surface area contributed by atoms with Crippen molar-refractivity contribution in [3.63, 3.8) is 0 Å². The van der Waals surface area contributed by atoms with Crippen LogP contribution < -0.4 is 0 Å². The zero-order valence-electron chi connectivity index (χ0n) is 6.64. The Morgan fingerprint density at radius 2 is 2.00 bits per heavy atom. The van der Waals surface area contributed by atoms with Crippen molar-refractivity contribution in [1.82, 2.24) is 0 Å². The van der Waals surface area contributed by atoms with Crippen LogP contribution in [0.5, 0.6) is 0 Å². The zero-order valence-corrected chi connectivity index (χ0v) is 7.45. The molecule has 1 aromatic rings. The van der Waals surface area contributed by atoms with Gasteiger partial charge in [-0.15, -0.1) is 0 Å². The summed E-state index contributed by atoms with van der Waals surface area (Å²) in [6.45, 7) is 0. The zero-order chi connectivity index (χ0) is 9.47. The lowest BCUT2D eigenvalue weighted by atomic mass is 10.1. The van der Waals surface area contributed by atoms with Crippen LogP contribution in [0.1, 0.15) is 5.56 Å². The highest BCUT2D eigenvalue weighted by Gasteiger charge is 2.31. The fraction of sp³-hybridized carbons (Fsp3) is 0.125. The monoisotopic (exact) mass is 197 g/mol. The highest BCUT2D eigenvalue weighted by Crippen LogP contribution is 2.25. The molecule has 0 unspecified atom stereocenters. The highest BCUT2D eigenvalue weighted by molar-refractivity contribution is 7.92. The molecule has 5 heteroatoms. The minimum atomic E-state index is -3.26. The topological polar surface area (TPSA) is 66.7 Å². The number of hydrogen-bond donors (Lipinski definition) is 1. The second kappa shape index (κ2) is 2.56. The normalized spacial score (nSPS) is 21.7. The second-order valence-corrected chi connectivity index (χ2v) is 4.76. The molecular weight excluding hydrogens is 190 g/mol. The van der Waals surface area contributed by atoms with Gasteiger partial charge in [-0.05, 0) is 6.07 Å². The number of rotatable bonds is 0. The first-order chi connectivity index (χ1) is 6.15. The molecule has 1 N–H and O–H groups in total. The fourth-order valence-electron chi connectivity index (χ4n) is 1.39. The van der Waals surface area contributed by atoms with Gasteiger partial charge in [0.2, 0.25) is 0 Å². The SMILES string of the molecule is O=S1(=O)C/C(=N\O)c2ccccc21. The Kier molecular flexibility index (Phi) is 1.63. The summed E-state index contributed by atoms with van der Waals surface area (Å²) in [7, 11) is -3.26. The van der Waals surface area contributed by atoms with Crippen molar-refractivity contribution in [1.29, 1.82) is 0 Å². The molecule has 1 heterocycles. The molecule has 0 aromatic heterocycles. The smallest absolute Gasteiger partial charge is 0.184 e. The van der Waals surface area contributed by atoms with Gasteiger partial charge in [-0.1, -0.05) is 23.4 Å². The van der Waals surface area contributed by atoms with Crippen LogP contribution in [0.25, 0.3) is 0 Å². The van der Waals surface area contributed by atoms with Gasteiger partial charge in [0.1, 0.15) is 11.5 Å². The predicted octanol–water partition coefficient (Wildman–Crippen LogP) is 0.652. The summed E-state index contributed by atoms with van der Waals surface area (Å²) in [6.07, 6.45) is 0. The molecule has 0 radical (unpaired) electrons. The first kappa shape index (κ1) is 8.25. The van der Waals surface area contributed by atoms with Crippen molar-refractivity contribution < 1.29 is 13.6 Å². The van der Waals surface area contributed by atoms with Crippen LogP contribution in [0.2, 0.25) is 0 Å². The standard InChI is InChI=1S/C8H7NO3S/c10-9-7-5-13(11,12)8-4-2-1-3-6(7)8/h1-4,10H,5H2/b9-7+. The lowest BCUT2D eigenvalue weighted by molar-refractivity contribution is 0.319. The minimum absolute atomic E-state index is 0.206. The molecule has 0 fully saturated rings. The molecular formula is C8H7NO3S. The Labute approximate surface area is 75.4 Å². The van der Waals surface area contributed by atoms with Crippen molar-refractivity contribution in [3.8, 4) is 0 Å². The Hall–Kier alpha value is -1.36. The van der Waals surface area contributed by atoms with Gasteiger partial charge >= 0.3 is 0 Å². The van der Waals surface area contributed by atoms with Crippen LogP contribution in [0.3, 0.4) is 0 Å². The summed E-state index contributed by atoms with van der Waals surface area (Å²) in [6, 6.07) is 6.51. The van der Waals surface area contributed by atoms with Crippen molar-refractivity contribution in [3.05, 3.63) is 29.8 Å². The quantitative estimate of drug-likeness (QED) is 0.490. The van der Waals surface area contributed by atoms with Crippen LogP contribution in [0.4, 0.5) is 0 Å². The molecule has 1 aliphatic heterocycles. The number of sulfone groups is 1. The number of benzene rings is 1. The van der Waals surface area contributed by atoms with E-state index in [1.54, 1.807) is 18.2 Å². The summed E-state index contributed by atoms with van der Waals surface area (Å²) in [5.74, 6) is -0.206. The Bertz CT molecular complexity index is 476. The molecule has 0 atom stereocenters. The predicted molar refractivity (Wildman–Crippen MR) is 46.8 cm³/mol. The van der Waals surface area contributed by atoms with Crippen LogP contribution in [-0.4, -0.2) is 25.1 Å². The van der Waals surface area contributed by atoms with Crippen molar-refractivity contribution in [2.75, 3.05) is 5.75 Å². The molecule has 1 aliphatic rings. The lowest BCUT2D eigenvalue weighted by Gasteiger charge is -1.93. The summed E-state index contributed by atoms with van der Waals surface area (Å²) in [4.78, 5) is 0.253. The van der Waals surface area contributed by atoms with Crippen LogP contribution >= 0.6 is 0 Å². The third-order valence-electron chi connectivity index (χ3n) is 1.98. The summed E-state index contributed by atoms with van der Waals surface area (Å²) >= 11 is 0. The fourth-order valence-corrected chi connectivity index (χ4v) is 2.93. The molecule has 0 bridgehead atoms. The van der Waals surface area contributed by atoms with Gasteiger partial charge in [-0.3, -0.25) is 0 Å². The summed E-state index contributed by atoms with van der Waals surface area (Å²) in [5, 5.41) is 11.5. The van der Waals surface area contributed by atoms with Crippen LogP contribution in [-0.2, 0) is 9.84 Å². The number of hydrogen-bond acceptors (Lipinski definition) is 4. The molecule has 68 valence electrons.